The topological polar surface area (TPSA) is 49.8 Å². The number of carbonyl (C=O) groups is 1. The van der Waals surface area contributed by atoms with E-state index in [0.29, 0.717) is 18.7 Å². The van der Waals surface area contributed by atoms with Crippen molar-refractivity contribution in [2.45, 2.75) is 5.38 Å². The molecule has 0 fully saturated rings. The maximum Gasteiger partial charge on any atom is 0.253 e. The first-order valence-corrected chi connectivity index (χ1v) is 5.65. The van der Waals surface area contributed by atoms with Crippen LogP contribution in [0.4, 0.5) is 0 Å². The van der Waals surface area contributed by atoms with Crippen LogP contribution >= 0.6 is 11.6 Å². The van der Waals surface area contributed by atoms with E-state index >= 15 is 0 Å². The molecule has 0 bridgehead atoms. The Balaban J connectivity index is 2.63. The minimum absolute atomic E-state index is 0.0727. The Labute approximate surface area is 106 Å². The average Bonchev–Trinajstić information content (AvgIpc) is 2.28. The zero-order chi connectivity index (χ0) is 12.8. The largest absolute Gasteiger partial charge is 0.508 e. The molecule has 5 heteroatoms. The van der Waals surface area contributed by atoms with Gasteiger partial charge in [-0.1, -0.05) is 6.07 Å². The molecular formula is C12H16ClNO3. The highest BCUT2D eigenvalue weighted by atomic mass is 35.5. The minimum atomic E-state index is -0.244. The van der Waals surface area contributed by atoms with Crippen molar-refractivity contribution in [3.05, 3.63) is 29.8 Å². The third-order valence-corrected chi connectivity index (χ3v) is 2.52. The molecule has 0 aliphatic heterocycles. The third-order valence-electron chi connectivity index (χ3n) is 2.26. The van der Waals surface area contributed by atoms with E-state index < -0.39 is 0 Å². The molecule has 1 unspecified atom stereocenters. The molecule has 1 rings (SSSR count). The molecule has 0 spiro atoms. The van der Waals surface area contributed by atoms with Gasteiger partial charge < -0.3 is 14.7 Å². The Morgan fingerprint density at radius 2 is 2.29 bits per heavy atom. The van der Waals surface area contributed by atoms with Crippen LogP contribution in [0.2, 0.25) is 0 Å². The smallest absolute Gasteiger partial charge is 0.253 e. The van der Waals surface area contributed by atoms with Gasteiger partial charge in [-0.15, -0.1) is 11.6 Å². The van der Waals surface area contributed by atoms with E-state index in [1.807, 2.05) is 0 Å². The standard InChI is InChI=1S/C12H16ClNO3/c1-14(7-10(13)8-17-2)12(16)9-4-3-5-11(15)6-9/h3-6,10,15H,7-8H2,1-2H3. The maximum atomic E-state index is 12.0. The predicted molar refractivity (Wildman–Crippen MR) is 66.6 cm³/mol. The summed E-state index contributed by atoms with van der Waals surface area (Å²) in [6.07, 6.45) is 0. The summed E-state index contributed by atoms with van der Waals surface area (Å²) in [7, 11) is 3.23. The number of alkyl halides is 1. The van der Waals surface area contributed by atoms with Crippen molar-refractivity contribution < 1.29 is 14.6 Å². The number of phenolic OH excluding ortho intramolecular Hbond substituents is 1. The van der Waals surface area contributed by atoms with Gasteiger partial charge in [0.1, 0.15) is 5.75 Å². The van der Waals surface area contributed by atoms with Gasteiger partial charge in [0.05, 0.1) is 12.0 Å². The number of aromatic hydroxyl groups is 1. The SMILES string of the molecule is COCC(Cl)CN(C)C(=O)c1cccc(O)c1. The quantitative estimate of drug-likeness (QED) is 0.817. The number of phenols is 1. The zero-order valence-corrected chi connectivity index (χ0v) is 10.6. The van der Waals surface area contributed by atoms with Crippen molar-refractivity contribution in [3.8, 4) is 5.75 Å². The molecule has 0 saturated heterocycles. The normalized spacial score (nSPS) is 12.2. The van der Waals surface area contributed by atoms with Crippen LogP contribution in [0, 0.1) is 0 Å². The summed E-state index contributed by atoms with van der Waals surface area (Å²) in [5, 5.41) is 9.05. The van der Waals surface area contributed by atoms with Crippen LogP contribution in [0.25, 0.3) is 0 Å². The fraction of sp³-hybridized carbons (Fsp3) is 0.417. The number of rotatable bonds is 5. The molecule has 0 heterocycles. The zero-order valence-electron chi connectivity index (χ0n) is 9.89. The fourth-order valence-corrected chi connectivity index (χ4v) is 1.81. The first-order valence-electron chi connectivity index (χ1n) is 5.22. The van der Waals surface area contributed by atoms with Gasteiger partial charge in [-0.3, -0.25) is 4.79 Å². The summed E-state index contributed by atoms with van der Waals surface area (Å²) < 4.78 is 4.90. The number of hydrogen-bond acceptors (Lipinski definition) is 3. The lowest BCUT2D eigenvalue weighted by atomic mass is 10.2. The Bertz CT molecular complexity index is 384. The molecule has 1 aromatic rings. The Hall–Kier alpha value is -1.26. The van der Waals surface area contributed by atoms with E-state index in [9.17, 15) is 9.90 Å². The van der Waals surface area contributed by atoms with Crippen LogP contribution in [-0.2, 0) is 4.74 Å². The lowest BCUT2D eigenvalue weighted by Crippen LogP contribution is -2.33. The lowest BCUT2D eigenvalue weighted by Gasteiger charge is -2.20. The number of benzene rings is 1. The molecule has 0 saturated carbocycles. The van der Waals surface area contributed by atoms with Crippen LogP contribution < -0.4 is 0 Å². The lowest BCUT2D eigenvalue weighted by molar-refractivity contribution is 0.0781. The van der Waals surface area contributed by atoms with E-state index in [4.69, 9.17) is 16.3 Å². The van der Waals surface area contributed by atoms with E-state index in [1.165, 1.54) is 17.0 Å². The molecule has 17 heavy (non-hydrogen) atoms. The first-order chi connectivity index (χ1) is 8.04. The molecule has 0 aliphatic rings. The van der Waals surface area contributed by atoms with E-state index in [2.05, 4.69) is 0 Å². The fourth-order valence-electron chi connectivity index (χ4n) is 1.47. The molecule has 1 N–H and O–H groups in total. The summed E-state index contributed by atoms with van der Waals surface area (Å²) in [6, 6.07) is 6.23. The number of amides is 1. The number of ether oxygens (including phenoxy) is 1. The molecule has 0 aliphatic carbocycles. The third kappa shape index (κ3) is 4.24. The highest BCUT2D eigenvalue weighted by Crippen LogP contribution is 2.13. The minimum Gasteiger partial charge on any atom is -0.508 e. The molecule has 0 aromatic heterocycles. The van der Waals surface area contributed by atoms with Gasteiger partial charge in [0.2, 0.25) is 0 Å². The highest BCUT2D eigenvalue weighted by Gasteiger charge is 2.15. The molecular weight excluding hydrogens is 242 g/mol. The van der Waals surface area contributed by atoms with Crippen molar-refractivity contribution in [2.75, 3.05) is 27.3 Å². The number of nitrogens with zero attached hydrogens (tertiary/aromatic N) is 1. The Kier molecular flexibility index (Phi) is 5.25. The van der Waals surface area contributed by atoms with Crippen molar-refractivity contribution >= 4 is 17.5 Å². The van der Waals surface area contributed by atoms with Gasteiger partial charge in [-0.25, -0.2) is 0 Å². The van der Waals surface area contributed by atoms with Crippen molar-refractivity contribution in [3.63, 3.8) is 0 Å². The van der Waals surface area contributed by atoms with Gasteiger partial charge in [-0.05, 0) is 18.2 Å². The maximum absolute atomic E-state index is 12.0. The summed E-state index contributed by atoms with van der Waals surface area (Å²) in [4.78, 5) is 13.5. The summed E-state index contributed by atoms with van der Waals surface area (Å²) in [5.74, 6) is -0.105. The van der Waals surface area contributed by atoms with Crippen LogP contribution in [-0.4, -0.2) is 48.6 Å². The van der Waals surface area contributed by atoms with Crippen molar-refractivity contribution in [1.29, 1.82) is 0 Å². The molecule has 1 amide bonds. The van der Waals surface area contributed by atoms with E-state index in [1.54, 1.807) is 26.3 Å². The first kappa shape index (κ1) is 13.8. The predicted octanol–water partition coefficient (Wildman–Crippen LogP) is 1.72. The number of halogens is 1. The molecule has 1 aromatic carbocycles. The van der Waals surface area contributed by atoms with Crippen molar-refractivity contribution in [1.82, 2.24) is 4.90 Å². The Morgan fingerprint density at radius 3 is 2.88 bits per heavy atom. The van der Waals surface area contributed by atoms with Crippen LogP contribution in [0.5, 0.6) is 5.75 Å². The number of methoxy groups -OCH3 is 1. The molecule has 0 radical (unpaired) electrons. The second-order valence-electron chi connectivity index (χ2n) is 3.79. The summed E-state index contributed by atoms with van der Waals surface area (Å²) in [5.41, 5.74) is 0.439. The van der Waals surface area contributed by atoms with E-state index in [-0.39, 0.29) is 17.0 Å². The highest BCUT2D eigenvalue weighted by molar-refractivity contribution is 6.21. The molecule has 1 atom stereocenters. The van der Waals surface area contributed by atoms with Gasteiger partial charge in [0, 0.05) is 26.3 Å². The number of hydrogen-bond donors (Lipinski definition) is 1. The van der Waals surface area contributed by atoms with Gasteiger partial charge in [-0.2, -0.15) is 0 Å². The van der Waals surface area contributed by atoms with Crippen molar-refractivity contribution in [2.24, 2.45) is 0 Å². The van der Waals surface area contributed by atoms with Crippen LogP contribution in [0.15, 0.2) is 24.3 Å². The monoisotopic (exact) mass is 257 g/mol. The average molecular weight is 258 g/mol. The van der Waals surface area contributed by atoms with Crippen LogP contribution in [0.1, 0.15) is 10.4 Å². The van der Waals surface area contributed by atoms with Gasteiger partial charge in [0.25, 0.3) is 5.91 Å². The second kappa shape index (κ2) is 6.47. The second-order valence-corrected chi connectivity index (χ2v) is 4.41. The summed E-state index contributed by atoms with van der Waals surface area (Å²) in [6.45, 7) is 0.781. The van der Waals surface area contributed by atoms with Gasteiger partial charge in [0.15, 0.2) is 0 Å². The molecule has 94 valence electrons. The van der Waals surface area contributed by atoms with Gasteiger partial charge >= 0.3 is 0 Å². The Morgan fingerprint density at radius 1 is 1.59 bits per heavy atom. The number of carbonyl (C=O) groups excluding carboxylic acids is 1. The summed E-state index contributed by atoms with van der Waals surface area (Å²) >= 11 is 5.97. The van der Waals surface area contributed by atoms with E-state index in [0.717, 1.165) is 0 Å². The van der Waals surface area contributed by atoms with Crippen LogP contribution in [0.3, 0.4) is 0 Å². The molecule has 4 nitrogen and oxygen atoms in total.